The molecule has 2 saturated heterocycles. The highest BCUT2D eigenvalue weighted by atomic mass is 32.1. The van der Waals surface area contributed by atoms with Gasteiger partial charge in [-0.2, -0.15) is 40.5 Å². The summed E-state index contributed by atoms with van der Waals surface area (Å²) in [6.07, 6.45) is 7.43. The van der Waals surface area contributed by atoms with Gasteiger partial charge in [-0.3, -0.25) is 34.0 Å². The van der Waals surface area contributed by atoms with Crippen molar-refractivity contribution in [2.45, 2.75) is 98.3 Å². The lowest BCUT2D eigenvalue weighted by molar-refractivity contribution is -0.155. The van der Waals surface area contributed by atoms with Gasteiger partial charge in [-0.15, -0.1) is 0 Å². The summed E-state index contributed by atoms with van der Waals surface area (Å²) in [6, 6.07) is 12.7. The Morgan fingerprint density at radius 3 is 2.41 bits per heavy atom. The number of esters is 1. The Morgan fingerprint density at radius 1 is 1.01 bits per heavy atom. The van der Waals surface area contributed by atoms with E-state index in [1.807, 2.05) is 57.2 Å². The molecule has 3 N–H and O–H groups in total. The van der Waals surface area contributed by atoms with Gasteiger partial charge >= 0.3 is 5.97 Å². The number of aryl methyl sites for hydroxylation is 2. The number of phenols is 1. The van der Waals surface area contributed by atoms with Crippen molar-refractivity contribution in [2.75, 3.05) is 53.9 Å². The number of rotatable bonds is 11. The molecule has 6 bridgehead atoms. The van der Waals surface area contributed by atoms with E-state index < -0.39 is 47.2 Å². The second-order valence-electron chi connectivity index (χ2n) is 19.8. The van der Waals surface area contributed by atoms with E-state index in [1.54, 1.807) is 30.2 Å². The normalized spacial score (nSPS) is 18.8. The highest BCUT2D eigenvalue weighted by Crippen LogP contribution is 2.41. The van der Waals surface area contributed by atoms with Crippen LogP contribution in [0.1, 0.15) is 71.2 Å². The van der Waals surface area contributed by atoms with Gasteiger partial charge in [0.15, 0.2) is 0 Å². The molecule has 4 aromatic rings. The zero-order valence-corrected chi connectivity index (χ0v) is 45.1. The predicted molar refractivity (Wildman–Crippen MR) is 290 cm³/mol. The van der Waals surface area contributed by atoms with Gasteiger partial charge in [-0.25, -0.2) is 5.43 Å². The summed E-state index contributed by atoms with van der Waals surface area (Å²) < 4.78 is 8.43. The zero-order valence-electron chi connectivity index (χ0n) is 42.1. The molecule has 0 saturated carbocycles. The van der Waals surface area contributed by atoms with Crippen LogP contribution in [0, 0.1) is 17.3 Å². The largest absolute Gasteiger partial charge is 0.508 e. The molecule has 2 fully saturated rings. The number of aromatic hydroxyl groups is 1. The Hall–Kier alpha value is -5.01. The molecule has 0 radical (unpaired) electrons. The van der Waals surface area contributed by atoms with Crippen LogP contribution in [-0.2, 0) is 54.5 Å². The standard InChI is InChI=1S/C52H68N8O7.3H2S/c1-10-41-38(15-12-20-53-41)47-40-28-52(5,6)31-67-51(66)42-16-13-22-60(55-42)50(65)43(25-33-23-35(26-37(61)24-33)34-18-19-44(39(40)27-34)59(47)11-2)54-48(63)46(32(3)4)57(9)49(64)36-29-58(30-36)45(62)17-14-21-56(7)8;;;/h12,14-15,17-20,23-24,26-27,32,36,42-43,46,55,61H,10-11,13,16,21-22,25,28-31H2,1-9H3,(H,54,63);3*1H2/b17-14+;;;/t42-,43-,46-;;;/m0.../s1. The van der Waals surface area contributed by atoms with Crippen molar-refractivity contribution in [3.8, 4) is 28.1 Å². The molecular weight excluding hydrogens is 945 g/mol. The Kier molecular flexibility index (Phi) is 20.1. The molecule has 3 aliphatic heterocycles. The Morgan fingerprint density at radius 2 is 1.74 bits per heavy atom. The SMILES string of the molecule is CCc1ncccc1-c1c2c3cc(ccc3n1CC)-c1cc(O)cc(c1)C[C@H](NC(=O)[C@H](C(C)C)N(C)C(=O)C1CN(C(=O)/C=C/CN(C)C)C1)C(=O)N1CCC[C@H](N1)C(=O)OCC(C)(C)C2.S.S.S. The van der Waals surface area contributed by atoms with Gasteiger partial charge in [0.05, 0.1) is 18.2 Å². The summed E-state index contributed by atoms with van der Waals surface area (Å²) in [4.78, 5) is 79.5. The lowest BCUT2D eigenvalue weighted by atomic mass is 9.84. The van der Waals surface area contributed by atoms with Crippen LogP contribution in [0.15, 0.2) is 66.9 Å². The molecule has 5 heterocycles. The second-order valence-corrected chi connectivity index (χ2v) is 19.8. The third-order valence-corrected chi connectivity index (χ3v) is 13.3. The number of fused-ring (bicyclic) bond motifs is 6. The summed E-state index contributed by atoms with van der Waals surface area (Å²) >= 11 is 0. The lowest BCUT2D eigenvalue weighted by Crippen LogP contribution is -2.63. The number of likely N-dealkylation sites (N-methyl/N-ethyl adjacent to an activating group) is 2. The first-order chi connectivity index (χ1) is 31.9. The maximum atomic E-state index is 14.7. The van der Waals surface area contributed by atoms with Gasteiger partial charge in [0.1, 0.15) is 23.9 Å². The Balaban J connectivity index is 0.00000355. The van der Waals surface area contributed by atoms with E-state index in [1.165, 1.54) is 16.0 Å². The van der Waals surface area contributed by atoms with Crippen LogP contribution in [0.5, 0.6) is 5.75 Å². The number of nitrogens with one attached hydrogen (secondary N) is 2. The van der Waals surface area contributed by atoms with Crippen LogP contribution < -0.4 is 10.7 Å². The van der Waals surface area contributed by atoms with E-state index in [0.29, 0.717) is 37.9 Å². The van der Waals surface area contributed by atoms with Crippen molar-refractivity contribution < 1.29 is 33.8 Å². The van der Waals surface area contributed by atoms with Gasteiger partial charge in [0.25, 0.3) is 5.91 Å². The smallest absolute Gasteiger partial charge is 0.324 e. The summed E-state index contributed by atoms with van der Waals surface area (Å²) in [7, 11) is 5.41. The molecule has 2 aromatic heterocycles. The summed E-state index contributed by atoms with van der Waals surface area (Å²) in [5.74, 6) is -2.70. The Labute approximate surface area is 434 Å². The van der Waals surface area contributed by atoms with Crippen LogP contribution in [0.2, 0.25) is 0 Å². The predicted octanol–water partition coefficient (Wildman–Crippen LogP) is 5.70. The highest BCUT2D eigenvalue weighted by molar-refractivity contribution is 7.59. The third-order valence-electron chi connectivity index (χ3n) is 13.3. The highest BCUT2D eigenvalue weighted by Gasteiger charge is 2.42. The molecule has 70 heavy (non-hydrogen) atoms. The number of ether oxygens (including phenoxy) is 1. The van der Waals surface area contributed by atoms with Gasteiger partial charge in [-0.1, -0.05) is 52.8 Å². The Bertz CT molecular complexity index is 2560. The summed E-state index contributed by atoms with van der Waals surface area (Å²) in [5.41, 5.74) is 10.1. The van der Waals surface area contributed by atoms with Gasteiger partial charge in [0.2, 0.25) is 17.7 Å². The van der Waals surface area contributed by atoms with Gasteiger partial charge < -0.3 is 34.4 Å². The molecule has 7 rings (SSSR count). The average Bonchev–Trinajstić information content (AvgIpc) is 3.57. The van der Waals surface area contributed by atoms with Crippen molar-refractivity contribution in [1.29, 1.82) is 0 Å². The van der Waals surface area contributed by atoms with Crippen molar-refractivity contribution in [2.24, 2.45) is 17.3 Å². The fourth-order valence-corrected chi connectivity index (χ4v) is 9.84. The fraction of sp³-hybridized carbons (Fsp3) is 0.500. The number of amides is 4. The number of pyridine rings is 1. The summed E-state index contributed by atoms with van der Waals surface area (Å²) in [6.45, 7) is 14.3. The molecule has 0 unspecified atom stereocenters. The lowest BCUT2D eigenvalue weighted by Gasteiger charge is -2.41. The molecule has 3 aliphatic rings. The first-order valence-electron chi connectivity index (χ1n) is 23.7. The number of cyclic esters (lactones) is 1. The van der Waals surface area contributed by atoms with Crippen molar-refractivity contribution >= 4 is 81.0 Å². The van der Waals surface area contributed by atoms with Crippen LogP contribution in [0.4, 0.5) is 0 Å². The molecule has 15 nitrogen and oxygen atoms in total. The van der Waals surface area contributed by atoms with Crippen molar-refractivity contribution in [1.82, 2.24) is 40.0 Å². The summed E-state index contributed by atoms with van der Waals surface area (Å²) in [5, 5.41) is 16.7. The van der Waals surface area contributed by atoms with Gasteiger partial charge in [0, 0.05) is 86.0 Å². The minimum atomic E-state index is -1.15. The number of carbonyl (C=O) groups is 5. The molecule has 4 amide bonds. The number of aromatic nitrogens is 2. The van der Waals surface area contributed by atoms with Crippen molar-refractivity contribution in [3.63, 3.8) is 0 Å². The molecule has 3 atom stereocenters. The van der Waals surface area contributed by atoms with E-state index in [2.05, 4.69) is 61.2 Å². The number of hydrogen-bond donors (Lipinski definition) is 3. The number of carbonyl (C=O) groups excluding carboxylic acids is 5. The third kappa shape index (κ3) is 12.7. The average molecular weight is 1020 g/mol. The second kappa shape index (κ2) is 24.4. The van der Waals surface area contributed by atoms with Crippen LogP contribution >= 0.6 is 40.5 Å². The van der Waals surface area contributed by atoms with E-state index in [9.17, 15) is 29.1 Å². The number of hydrazine groups is 1. The monoisotopic (exact) mass is 1020 g/mol. The number of nitrogens with zero attached hydrogens (tertiary/aromatic N) is 6. The number of phenolic OH excluding ortho intramolecular Hbond substituents is 1. The quantitative estimate of drug-likeness (QED) is 0.125. The first kappa shape index (κ1) is 57.6. The van der Waals surface area contributed by atoms with E-state index in [4.69, 9.17) is 9.72 Å². The van der Waals surface area contributed by atoms with Crippen LogP contribution in [0.25, 0.3) is 33.3 Å². The fourth-order valence-electron chi connectivity index (χ4n) is 9.84. The molecular formula is C52H74N8O7S3. The first-order valence-corrected chi connectivity index (χ1v) is 23.7. The molecule has 382 valence electrons. The topological polar surface area (TPSA) is 170 Å². The number of likely N-dealkylation sites (tertiary alicyclic amines) is 1. The molecule has 2 aromatic carbocycles. The number of benzene rings is 2. The van der Waals surface area contributed by atoms with Crippen LogP contribution in [-0.4, -0.2) is 136 Å². The minimum absolute atomic E-state index is 0. The van der Waals surface area contributed by atoms with E-state index in [0.717, 1.165) is 51.0 Å². The van der Waals surface area contributed by atoms with E-state index >= 15 is 0 Å². The maximum absolute atomic E-state index is 14.7. The molecule has 0 spiro atoms. The molecule has 18 heteroatoms. The number of hydrogen-bond acceptors (Lipinski definition) is 10. The van der Waals surface area contributed by atoms with E-state index in [-0.39, 0.29) is 96.6 Å². The van der Waals surface area contributed by atoms with Gasteiger partial charge in [-0.05, 0) is 111 Å². The molecule has 0 aliphatic carbocycles. The zero-order chi connectivity index (χ0) is 48.3. The van der Waals surface area contributed by atoms with Crippen LogP contribution in [0.3, 0.4) is 0 Å². The minimum Gasteiger partial charge on any atom is -0.508 e. The maximum Gasteiger partial charge on any atom is 0.324 e. The van der Waals surface area contributed by atoms with Crippen molar-refractivity contribution in [3.05, 3.63) is 83.7 Å².